The van der Waals surface area contributed by atoms with Crippen LogP contribution in [0.2, 0.25) is 0 Å². The summed E-state index contributed by atoms with van der Waals surface area (Å²) in [7, 11) is 2.88. The molecule has 20 heavy (non-hydrogen) atoms. The molecule has 0 N–H and O–H groups in total. The molecule has 0 heterocycles. The number of halogens is 1. The summed E-state index contributed by atoms with van der Waals surface area (Å²) < 4.78 is 24.0. The molecular weight excluding hydrogens is 263 g/mol. The zero-order chi connectivity index (χ0) is 15.3. The molecule has 0 aliphatic carbocycles. The van der Waals surface area contributed by atoms with Gasteiger partial charge < -0.3 is 9.47 Å². The molecule has 0 aromatic heterocycles. The minimum absolute atomic E-state index is 0.0896. The lowest BCUT2D eigenvalue weighted by atomic mass is 9.95. The lowest BCUT2D eigenvalue weighted by molar-refractivity contribution is -0.125. The van der Waals surface area contributed by atoms with Crippen LogP contribution in [0.15, 0.2) is 18.2 Å². The number of ether oxygens (including phenoxy) is 2. The van der Waals surface area contributed by atoms with Gasteiger partial charge in [-0.05, 0) is 24.6 Å². The van der Waals surface area contributed by atoms with Crippen LogP contribution in [0, 0.1) is 5.92 Å². The first-order valence-electron chi connectivity index (χ1n) is 6.40. The third-order valence-corrected chi connectivity index (χ3v) is 3.25. The van der Waals surface area contributed by atoms with Gasteiger partial charge in [-0.1, -0.05) is 13.8 Å². The van der Waals surface area contributed by atoms with Crippen molar-refractivity contribution >= 4 is 11.6 Å². The molecule has 0 fully saturated rings. The standard InChI is InChI=1S/C15H19FO4/c1-5-9(2)14(17)13(16)15(18)10-6-7-11(19-3)12(8-10)20-4/h6-9,13H,5H2,1-4H3. The second-order valence-corrected chi connectivity index (χ2v) is 4.51. The molecule has 110 valence electrons. The Morgan fingerprint density at radius 3 is 2.30 bits per heavy atom. The van der Waals surface area contributed by atoms with Gasteiger partial charge in [0.05, 0.1) is 14.2 Å². The zero-order valence-corrected chi connectivity index (χ0v) is 12.1. The van der Waals surface area contributed by atoms with Crippen LogP contribution in [0.3, 0.4) is 0 Å². The van der Waals surface area contributed by atoms with E-state index < -0.39 is 23.7 Å². The van der Waals surface area contributed by atoms with E-state index in [1.54, 1.807) is 13.8 Å². The van der Waals surface area contributed by atoms with Gasteiger partial charge in [-0.25, -0.2) is 4.39 Å². The van der Waals surface area contributed by atoms with Crippen LogP contribution in [0.25, 0.3) is 0 Å². The summed E-state index contributed by atoms with van der Waals surface area (Å²) in [5.74, 6) is -1.26. The van der Waals surface area contributed by atoms with Gasteiger partial charge >= 0.3 is 0 Å². The van der Waals surface area contributed by atoms with Crippen molar-refractivity contribution in [1.29, 1.82) is 0 Å². The van der Waals surface area contributed by atoms with Crippen LogP contribution in [0.5, 0.6) is 11.5 Å². The second kappa shape index (κ2) is 7.03. The van der Waals surface area contributed by atoms with Crippen molar-refractivity contribution in [2.75, 3.05) is 14.2 Å². The third kappa shape index (κ3) is 3.35. The largest absolute Gasteiger partial charge is 0.493 e. The maximum Gasteiger partial charge on any atom is 0.221 e. The maximum atomic E-state index is 14.0. The Bertz CT molecular complexity index is 499. The molecule has 1 aromatic carbocycles. The van der Waals surface area contributed by atoms with E-state index in [9.17, 15) is 14.0 Å². The van der Waals surface area contributed by atoms with Crippen LogP contribution in [-0.2, 0) is 4.79 Å². The van der Waals surface area contributed by atoms with E-state index in [0.29, 0.717) is 17.9 Å². The minimum Gasteiger partial charge on any atom is -0.493 e. The Kier molecular flexibility index (Phi) is 5.67. The summed E-state index contributed by atoms with van der Waals surface area (Å²) in [6.07, 6.45) is -1.64. The summed E-state index contributed by atoms with van der Waals surface area (Å²) in [4.78, 5) is 23.7. The minimum atomic E-state index is -2.14. The predicted octanol–water partition coefficient (Wildman–Crippen LogP) is 2.84. The fourth-order valence-electron chi connectivity index (χ4n) is 1.72. The summed E-state index contributed by atoms with van der Waals surface area (Å²) in [6, 6.07) is 4.30. The van der Waals surface area contributed by atoms with Crippen molar-refractivity contribution in [3.8, 4) is 11.5 Å². The lowest BCUT2D eigenvalue weighted by Crippen LogP contribution is -2.30. The predicted molar refractivity (Wildman–Crippen MR) is 73.2 cm³/mol. The molecule has 0 aliphatic rings. The van der Waals surface area contributed by atoms with Crippen molar-refractivity contribution in [3.05, 3.63) is 23.8 Å². The van der Waals surface area contributed by atoms with Crippen LogP contribution in [-0.4, -0.2) is 32.0 Å². The normalized spacial score (nSPS) is 13.4. The van der Waals surface area contributed by atoms with Crippen molar-refractivity contribution in [2.24, 2.45) is 5.92 Å². The molecule has 0 spiro atoms. The number of carbonyl (C=O) groups is 2. The van der Waals surface area contributed by atoms with Gasteiger partial charge in [-0.15, -0.1) is 0 Å². The van der Waals surface area contributed by atoms with Crippen LogP contribution >= 0.6 is 0 Å². The quantitative estimate of drug-likeness (QED) is 0.570. The molecule has 5 heteroatoms. The fourth-order valence-corrected chi connectivity index (χ4v) is 1.72. The smallest absolute Gasteiger partial charge is 0.221 e. The van der Waals surface area contributed by atoms with Crippen molar-refractivity contribution in [1.82, 2.24) is 0 Å². The topological polar surface area (TPSA) is 52.6 Å². The van der Waals surface area contributed by atoms with Crippen molar-refractivity contribution in [2.45, 2.75) is 26.4 Å². The molecule has 0 bridgehead atoms. The third-order valence-electron chi connectivity index (χ3n) is 3.25. The number of carbonyl (C=O) groups excluding carboxylic acids is 2. The molecule has 0 aliphatic heterocycles. The maximum absolute atomic E-state index is 14.0. The van der Waals surface area contributed by atoms with E-state index in [1.807, 2.05) is 0 Å². The summed E-state index contributed by atoms with van der Waals surface area (Å²) in [5.41, 5.74) is 0.0896. The number of methoxy groups -OCH3 is 2. The van der Waals surface area contributed by atoms with Gasteiger partial charge in [0.25, 0.3) is 0 Å². The molecular formula is C15H19FO4. The van der Waals surface area contributed by atoms with Crippen LogP contribution in [0.1, 0.15) is 30.6 Å². The van der Waals surface area contributed by atoms with E-state index in [0.717, 1.165) is 0 Å². The summed E-state index contributed by atoms with van der Waals surface area (Å²) >= 11 is 0. The zero-order valence-electron chi connectivity index (χ0n) is 12.1. The van der Waals surface area contributed by atoms with E-state index in [-0.39, 0.29) is 5.56 Å². The number of rotatable bonds is 7. The van der Waals surface area contributed by atoms with Crippen LogP contribution in [0.4, 0.5) is 4.39 Å². The van der Waals surface area contributed by atoms with Gasteiger partial charge in [-0.2, -0.15) is 0 Å². The van der Waals surface area contributed by atoms with Crippen LogP contribution < -0.4 is 9.47 Å². The van der Waals surface area contributed by atoms with E-state index in [1.165, 1.54) is 32.4 Å². The van der Waals surface area contributed by atoms with Gasteiger partial charge in [0.1, 0.15) is 0 Å². The highest BCUT2D eigenvalue weighted by Crippen LogP contribution is 2.28. The first-order chi connectivity index (χ1) is 9.46. The van der Waals surface area contributed by atoms with Crippen molar-refractivity contribution < 1.29 is 23.5 Å². The number of hydrogen-bond acceptors (Lipinski definition) is 4. The fraction of sp³-hybridized carbons (Fsp3) is 0.467. The highest BCUT2D eigenvalue weighted by atomic mass is 19.1. The average molecular weight is 282 g/mol. The van der Waals surface area contributed by atoms with Gasteiger partial charge in [0.15, 0.2) is 17.3 Å². The second-order valence-electron chi connectivity index (χ2n) is 4.51. The number of alkyl halides is 1. The molecule has 0 radical (unpaired) electrons. The molecule has 1 rings (SSSR count). The molecule has 0 amide bonds. The van der Waals surface area contributed by atoms with Gasteiger partial charge in [0, 0.05) is 11.5 Å². The number of hydrogen-bond donors (Lipinski definition) is 0. The Morgan fingerprint density at radius 1 is 1.20 bits per heavy atom. The Labute approximate surface area is 117 Å². The first-order valence-corrected chi connectivity index (χ1v) is 6.40. The van der Waals surface area contributed by atoms with E-state index in [4.69, 9.17) is 9.47 Å². The Hall–Kier alpha value is -1.91. The number of ketones is 2. The SMILES string of the molecule is CCC(C)C(=O)C(F)C(=O)c1ccc(OC)c(OC)c1. The molecule has 0 saturated carbocycles. The van der Waals surface area contributed by atoms with E-state index >= 15 is 0 Å². The summed E-state index contributed by atoms with van der Waals surface area (Å²) in [5, 5.41) is 0. The summed E-state index contributed by atoms with van der Waals surface area (Å²) in [6.45, 7) is 3.38. The van der Waals surface area contributed by atoms with Gasteiger partial charge in [0.2, 0.25) is 12.0 Å². The van der Waals surface area contributed by atoms with Gasteiger partial charge in [-0.3, -0.25) is 9.59 Å². The Balaban J connectivity index is 3.00. The lowest BCUT2D eigenvalue weighted by Gasteiger charge is -2.13. The molecule has 1 aromatic rings. The van der Waals surface area contributed by atoms with Crippen molar-refractivity contribution in [3.63, 3.8) is 0 Å². The van der Waals surface area contributed by atoms with E-state index in [2.05, 4.69) is 0 Å². The average Bonchev–Trinajstić information content (AvgIpc) is 2.50. The highest BCUT2D eigenvalue weighted by Gasteiger charge is 2.30. The molecule has 2 atom stereocenters. The molecule has 0 saturated heterocycles. The first kappa shape index (κ1) is 16.1. The highest BCUT2D eigenvalue weighted by molar-refractivity contribution is 6.13. The monoisotopic (exact) mass is 282 g/mol. The molecule has 4 nitrogen and oxygen atoms in total. The number of Topliss-reactive ketones (excluding diaryl/α,β-unsaturated/α-hetero) is 2. The molecule has 2 unspecified atom stereocenters. The Morgan fingerprint density at radius 2 is 1.80 bits per heavy atom. The number of benzene rings is 1.